The number of carbonyl (C=O) groups is 2. The first kappa shape index (κ1) is 22.4. The molecule has 1 amide bonds. The summed E-state index contributed by atoms with van der Waals surface area (Å²) in [7, 11) is 0. The molecule has 0 saturated heterocycles. The van der Waals surface area contributed by atoms with Crippen LogP contribution in [0, 0.1) is 11.3 Å². The monoisotopic (exact) mass is 430 g/mol. The maximum Gasteiger partial charge on any atom is 0.514 e. The van der Waals surface area contributed by atoms with Crippen LogP contribution in [0.3, 0.4) is 0 Å². The molecule has 7 nitrogen and oxygen atoms in total. The molecule has 1 N–H and O–H groups in total. The molecule has 0 radical (unpaired) electrons. The van der Waals surface area contributed by atoms with E-state index >= 15 is 0 Å². The van der Waals surface area contributed by atoms with Crippen molar-refractivity contribution in [3.05, 3.63) is 102 Å². The Hall–Kier alpha value is -4.31. The lowest BCUT2D eigenvalue weighted by Crippen LogP contribution is -2.35. The van der Waals surface area contributed by atoms with Crippen LogP contribution in [-0.2, 0) is 29.1 Å². The third-order valence-corrected chi connectivity index (χ3v) is 4.42. The highest BCUT2D eigenvalue weighted by Gasteiger charge is 2.14. The number of alkyl carbamates (subject to hydrolysis) is 1. The third-order valence-electron chi connectivity index (χ3n) is 4.42. The molecule has 3 aromatic rings. The molecular weight excluding hydrogens is 408 g/mol. The Labute approximate surface area is 186 Å². The minimum Gasteiger partial charge on any atom is -0.445 e. The summed E-state index contributed by atoms with van der Waals surface area (Å²) in [5, 5.41) is 11.9. The molecule has 0 aliphatic heterocycles. The van der Waals surface area contributed by atoms with Crippen molar-refractivity contribution >= 4 is 12.2 Å². The normalized spacial score (nSPS) is 11.0. The Morgan fingerprint density at radius 1 is 0.781 bits per heavy atom. The largest absolute Gasteiger partial charge is 0.514 e. The van der Waals surface area contributed by atoms with Gasteiger partial charge < -0.3 is 19.5 Å². The summed E-state index contributed by atoms with van der Waals surface area (Å²) >= 11 is 0. The smallest absolute Gasteiger partial charge is 0.445 e. The summed E-state index contributed by atoms with van der Waals surface area (Å²) in [6.07, 6.45) is -1.20. The highest BCUT2D eigenvalue weighted by Crippen LogP contribution is 2.15. The lowest BCUT2D eigenvalue weighted by atomic mass is 10.1. The zero-order valence-electron chi connectivity index (χ0n) is 17.3. The molecule has 0 aromatic heterocycles. The predicted molar refractivity (Wildman–Crippen MR) is 117 cm³/mol. The van der Waals surface area contributed by atoms with Gasteiger partial charge in [-0.3, -0.25) is 0 Å². The van der Waals surface area contributed by atoms with Gasteiger partial charge >= 0.3 is 12.2 Å². The molecule has 0 fully saturated rings. The number of hydrogen-bond acceptors (Lipinski definition) is 6. The Bertz CT molecular complexity index is 1050. The van der Waals surface area contributed by atoms with E-state index in [-0.39, 0.29) is 19.6 Å². The zero-order valence-corrected chi connectivity index (χ0v) is 17.3. The lowest BCUT2D eigenvalue weighted by Gasteiger charge is -2.12. The van der Waals surface area contributed by atoms with Crippen molar-refractivity contribution in [1.29, 1.82) is 5.26 Å². The first-order valence-corrected chi connectivity index (χ1v) is 9.96. The number of hydrogen-bond donors (Lipinski definition) is 1. The number of nitrogens with zero attached hydrogens (tertiary/aromatic N) is 1. The van der Waals surface area contributed by atoms with Gasteiger partial charge in [0.15, 0.2) is 0 Å². The zero-order chi connectivity index (χ0) is 22.6. The summed E-state index contributed by atoms with van der Waals surface area (Å²) in [6, 6.07) is 26.4. The van der Waals surface area contributed by atoms with Crippen molar-refractivity contribution in [3.63, 3.8) is 0 Å². The van der Waals surface area contributed by atoms with E-state index in [0.29, 0.717) is 5.75 Å². The van der Waals surface area contributed by atoms with Gasteiger partial charge in [0, 0.05) is 6.42 Å². The van der Waals surface area contributed by atoms with Crippen molar-refractivity contribution in [1.82, 2.24) is 5.32 Å². The van der Waals surface area contributed by atoms with E-state index < -0.39 is 18.3 Å². The second kappa shape index (κ2) is 11.8. The fraction of sp³-hybridized carbons (Fsp3) is 0.160. The van der Waals surface area contributed by atoms with E-state index in [0.717, 1.165) is 16.7 Å². The number of carbonyl (C=O) groups excluding carboxylic acids is 2. The van der Waals surface area contributed by atoms with Gasteiger partial charge in [-0.25, -0.2) is 9.59 Å². The topological polar surface area (TPSA) is 97.6 Å². The van der Waals surface area contributed by atoms with Gasteiger partial charge in [-0.05, 0) is 28.8 Å². The quantitative estimate of drug-likeness (QED) is 0.409. The van der Waals surface area contributed by atoms with Gasteiger partial charge in [0.25, 0.3) is 0 Å². The molecule has 0 bridgehead atoms. The van der Waals surface area contributed by atoms with E-state index in [4.69, 9.17) is 14.2 Å². The molecule has 162 valence electrons. The van der Waals surface area contributed by atoms with Crippen LogP contribution in [0.4, 0.5) is 9.59 Å². The predicted octanol–water partition coefficient (Wildman–Crippen LogP) is 4.76. The summed E-state index contributed by atoms with van der Waals surface area (Å²) in [5.74, 6) is 0.315. The van der Waals surface area contributed by atoms with Gasteiger partial charge in [-0.1, -0.05) is 72.8 Å². The molecule has 0 aliphatic rings. The Morgan fingerprint density at radius 2 is 1.34 bits per heavy atom. The van der Waals surface area contributed by atoms with Gasteiger partial charge in [0.2, 0.25) is 0 Å². The minimum atomic E-state index is -0.806. The van der Waals surface area contributed by atoms with Crippen LogP contribution in [0.25, 0.3) is 0 Å². The number of benzene rings is 3. The Balaban J connectivity index is 1.43. The minimum absolute atomic E-state index is 0.119. The fourth-order valence-electron chi connectivity index (χ4n) is 2.81. The third kappa shape index (κ3) is 7.50. The van der Waals surface area contributed by atoms with Crippen LogP contribution >= 0.6 is 0 Å². The molecule has 0 heterocycles. The van der Waals surface area contributed by atoms with Gasteiger partial charge in [-0.15, -0.1) is 0 Å². The van der Waals surface area contributed by atoms with Crippen LogP contribution in [0.2, 0.25) is 0 Å². The molecule has 0 unspecified atom stereocenters. The molecule has 3 aromatic carbocycles. The molecule has 0 saturated carbocycles. The standard InChI is InChI=1S/C25H22N2O5/c26-16-22(27-24(28)30-17-20-7-3-1-4-8-20)15-19-11-13-23(14-12-19)32-25(29)31-18-21-9-5-2-6-10-21/h1-14,22H,15,17-18H2,(H,27,28)/t22-/m0/s1. The van der Waals surface area contributed by atoms with Crippen molar-refractivity contribution in [2.24, 2.45) is 0 Å². The van der Waals surface area contributed by atoms with Crippen LogP contribution in [0.15, 0.2) is 84.9 Å². The van der Waals surface area contributed by atoms with Gasteiger partial charge in [0.05, 0.1) is 6.07 Å². The summed E-state index contributed by atoms with van der Waals surface area (Å²) in [6.45, 7) is 0.241. The molecule has 0 aliphatic carbocycles. The maximum atomic E-state index is 12.0. The van der Waals surface area contributed by atoms with Crippen LogP contribution in [0.5, 0.6) is 5.75 Å². The Morgan fingerprint density at radius 3 is 1.91 bits per heavy atom. The van der Waals surface area contributed by atoms with Gasteiger partial charge in [0.1, 0.15) is 25.0 Å². The van der Waals surface area contributed by atoms with E-state index in [9.17, 15) is 14.9 Å². The summed E-state index contributed by atoms with van der Waals surface area (Å²) in [5.41, 5.74) is 2.50. The molecular formula is C25H22N2O5. The number of amides is 1. The molecule has 32 heavy (non-hydrogen) atoms. The summed E-state index contributed by atoms with van der Waals surface area (Å²) < 4.78 is 15.4. The highest BCUT2D eigenvalue weighted by molar-refractivity contribution is 5.68. The first-order valence-electron chi connectivity index (χ1n) is 9.96. The number of ether oxygens (including phenoxy) is 3. The number of rotatable bonds is 8. The number of nitrogens with one attached hydrogen (secondary N) is 1. The van der Waals surface area contributed by atoms with Crippen molar-refractivity contribution in [2.75, 3.05) is 0 Å². The van der Waals surface area contributed by atoms with E-state index in [1.807, 2.05) is 66.7 Å². The molecule has 1 atom stereocenters. The van der Waals surface area contributed by atoms with Crippen LogP contribution in [0.1, 0.15) is 16.7 Å². The second-order valence-electron chi connectivity index (χ2n) is 6.86. The average molecular weight is 430 g/mol. The van der Waals surface area contributed by atoms with Crippen molar-refractivity contribution in [2.45, 2.75) is 25.7 Å². The van der Waals surface area contributed by atoms with Crippen LogP contribution < -0.4 is 10.1 Å². The second-order valence-corrected chi connectivity index (χ2v) is 6.86. The molecule has 3 rings (SSSR count). The van der Waals surface area contributed by atoms with E-state index in [1.165, 1.54) is 0 Å². The summed E-state index contributed by atoms with van der Waals surface area (Å²) in [4.78, 5) is 23.8. The number of nitriles is 1. The lowest BCUT2D eigenvalue weighted by molar-refractivity contribution is 0.0927. The van der Waals surface area contributed by atoms with Crippen molar-refractivity contribution < 1.29 is 23.8 Å². The fourth-order valence-corrected chi connectivity index (χ4v) is 2.81. The van der Waals surface area contributed by atoms with Crippen molar-refractivity contribution in [3.8, 4) is 11.8 Å². The molecule has 7 heteroatoms. The van der Waals surface area contributed by atoms with Crippen LogP contribution in [-0.4, -0.2) is 18.3 Å². The SMILES string of the molecule is N#C[C@H](Cc1ccc(OC(=O)OCc2ccccc2)cc1)NC(=O)OCc1ccccc1. The maximum absolute atomic E-state index is 12.0. The first-order chi connectivity index (χ1) is 15.6. The van der Waals surface area contributed by atoms with Gasteiger partial charge in [-0.2, -0.15) is 5.26 Å². The van der Waals surface area contributed by atoms with E-state index in [1.54, 1.807) is 24.3 Å². The Kier molecular flexibility index (Phi) is 8.23. The average Bonchev–Trinajstić information content (AvgIpc) is 2.83. The highest BCUT2D eigenvalue weighted by atomic mass is 16.7. The van der Waals surface area contributed by atoms with E-state index in [2.05, 4.69) is 5.32 Å². The molecule has 0 spiro atoms.